The number of hydrogen-bond acceptors (Lipinski definition) is 14. The van der Waals surface area contributed by atoms with Gasteiger partial charge in [0.15, 0.2) is 0 Å². The van der Waals surface area contributed by atoms with E-state index in [2.05, 4.69) is 17.6 Å². The fourth-order valence-electron chi connectivity index (χ4n) is 10.1. The van der Waals surface area contributed by atoms with E-state index in [0.717, 1.165) is 43.6 Å². The molecular formula is C52H58FN5O12. The highest BCUT2D eigenvalue weighted by molar-refractivity contribution is 6.03. The summed E-state index contributed by atoms with van der Waals surface area (Å²) in [6, 6.07) is 21.5. The molecule has 8 rings (SSSR count). The first-order valence-electron chi connectivity index (χ1n) is 23.8. The maximum Gasteiger partial charge on any atom is 0.416 e. The summed E-state index contributed by atoms with van der Waals surface area (Å²) in [5.41, 5.74) is 3.00. The molecule has 0 spiro atoms. The number of nitro benzene ring substituents is 2. The number of aliphatic hydroxyl groups excluding tert-OH is 2. The van der Waals surface area contributed by atoms with Crippen molar-refractivity contribution in [2.24, 2.45) is 22.9 Å². The number of benzene rings is 4. The van der Waals surface area contributed by atoms with Gasteiger partial charge in [0, 0.05) is 81.6 Å². The van der Waals surface area contributed by atoms with Crippen LogP contribution < -0.4 is 14.2 Å². The molecule has 2 aliphatic carbocycles. The van der Waals surface area contributed by atoms with E-state index in [9.17, 15) is 34.8 Å². The lowest BCUT2D eigenvalue weighted by Crippen LogP contribution is -2.70. The molecule has 2 aliphatic heterocycles. The highest BCUT2D eigenvalue weighted by atomic mass is 19.1. The number of nitrogens with zero attached hydrogens (tertiary/aromatic N) is 5. The molecule has 1 amide bonds. The number of amides is 1. The van der Waals surface area contributed by atoms with E-state index in [4.69, 9.17) is 28.9 Å². The number of halogens is 1. The van der Waals surface area contributed by atoms with Gasteiger partial charge in [-0.2, -0.15) is 0 Å². The Bertz CT molecular complexity index is 2540. The van der Waals surface area contributed by atoms with Crippen LogP contribution in [-0.4, -0.2) is 99.6 Å². The molecule has 4 aromatic rings. The number of hydrogen-bond donors (Lipinski definition) is 2. The van der Waals surface area contributed by atoms with Gasteiger partial charge in [0.2, 0.25) is 5.79 Å². The zero-order valence-electron chi connectivity index (χ0n) is 38.8. The molecule has 0 radical (unpaired) electrons. The molecule has 4 aliphatic rings. The van der Waals surface area contributed by atoms with Crippen LogP contribution in [0.2, 0.25) is 0 Å². The average molecular weight is 964 g/mol. The number of rotatable bonds is 24. The zero-order chi connectivity index (χ0) is 49.2. The van der Waals surface area contributed by atoms with Crippen LogP contribution in [0.1, 0.15) is 67.6 Å². The van der Waals surface area contributed by atoms with Crippen LogP contribution in [0.15, 0.2) is 120 Å². The predicted octanol–water partition coefficient (Wildman–Crippen LogP) is 8.87. The third-order valence-electron chi connectivity index (χ3n) is 13.5. The van der Waals surface area contributed by atoms with E-state index in [1.54, 1.807) is 30.3 Å². The van der Waals surface area contributed by atoms with Gasteiger partial charge in [-0.3, -0.25) is 30.0 Å². The van der Waals surface area contributed by atoms with Crippen LogP contribution >= 0.6 is 0 Å². The molecule has 4 aromatic carbocycles. The Labute approximate surface area is 405 Å². The Balaban J connectivity index is 1.31. The van der Waals surface area contributed by atoms with Crippen molar-refractivity contribution in [1.82, 2.24) is 9.80 Å². The molecule has 2 fully saturated rings. The highest BCUT2D eigenvalue weighted by Crippen LogP contribution is 2.62. The van der Waals surface area contributed by atoms with E-state index in [0.29, 0.717) is 60.6 Å². The van der Waals surface area contributed by atoms with Crippen molar-refractivity contribution in [2.75, 3.05) is 46.1 Å². The molecule has 370 valence electrons. The zero-order valence-corrected chi connectivity index (χ0v) is 38.8. The number of nitro groups is 2. The van der Waals surface area contributed by atoms with Crippen molar-refractivity contribution in [3.05, 3.63) is 158 Å². The summed E-state index contributed by atoms with van der Waals surface area (Å²) in [6.07, 6.45) is 6.94. The predicted molar refractivity (Wildman–Crippen MR) is 256 cm³/mol. The average Bonchev–Trinajstić information content (AvgIpc) is 4.19. The first-order valence-corrected chi connectivity index (χ1v) is 23.8. The standard InChI is InChI=1S/C52H58FN5O12/c1-2-28-67-52-48(56(33-35-9-13-38(53)14-10-35)51(61)69-41-19-17-40(18-20-41)58(64)65)32-46(54-68-34-36-11-15-39(16-12-36)57(62)63)44-30-37(7-3-5-26-59)43(8-4-6-27-60)49(50(44)52)45-31-42(21-22-47(45)70-52)66-29-25-55-23-24-55/h2,9-22,30-31,37,43,48-50,59-60H,1,3-8,23-29,32-34H2. The second-order valence-corrected chi connectivity index (χ2v) is 18.0. The van der Waals surface area contributed by atoms with Gasteiger partial charge < -0.3 is 34.0 Å². The number of unbranched alkanes of at least 4 members (excludes halogenated alkanes) is 2. The minimum Gasteiger partial charge on any atom is -0.492 e. The van der Waals surface area contributed by atoms with Crippen molar-refractivity contribution < 1.29 is 53.0 Å². The second kappa shape index (κ2) is 22.8. The summed E-state index contributed by atoms with van der Waals surface area (Å²) in [5.74, 6) is -2.17. The fourth-order valence-corrected chi connectivity index (χ4v) is 10.1. The number of oxime groups is 1. The van der Waals surface area contributed by atoms with Crippen molar-refractivity contribution in [1.29, 1.82) is 0 Å². The van der Waals surface area contributed by atoms with Crippen LogP contribution in [0.4, 0.5) is 20.6 Å². The van der Waals surface area contributed by atoms with Gasteiger partial charge in [-0.1, -0.05) is 42.3 Å². The van der Waals surface area contributed by atoms with Gasteiger partial charge in [0.1, 0.15) is 42.3 Å². The molecule has 6 atom stereocenters. The van der Waals surface area contributed by atoms with Crippen LogP contribution in [0.5, 0.6) is 17.2 Å². The minimum atomic E-state index is -1.68. The maximum absolute atomic E-state index is 15.1. The van der Waals surface area contributed by atoms with Crippen LogP contribution in [-0.2, 0) is 22.7 Å². The van der Waals surface area contributed by atoms with Gasteiger partial charge >= 0.3 is 6.09 Å². The maximum atomic E-state index is 15.1. The lowest BCUT2D eigenvalue weighted by Gasteiger charge is -2.59. The van der Waals surface area contributed by atoms with Crippen LogP contribution in [0.3, 0.4) is 0 Å². The lowest BCUT2D eigenvalue weighted by atomic mass is 9.55. The van der Waals surface area contributed by atoms with Gasteiger partial charge in [-0.15, -0.1) is 6.58 Å². The summed E-state index contributed by atoms with van der Waals surface area (Å²) in [5, 5.41) is 47.8. The SMILES string of the molecule is C=CCOC12Oc3ccc(OCCN4CC4)cc3C3C(CCCCO)C(CCCCO)C=C(C(=NOCc4ccc([N+](=O)[O-])cc4)CC1N(Cc1ccc(F)cc1)C(=O)Oc1ccc([N+](=O)[O-])cc1)C32. The van der Waals surface area contributed by atoms with Gasteiger partial charge in [0.05, 0.1) is 28.1 Å². The Kier molecular flexibility index (Phi) is 16.2. The Morgan fingerprint density at radius 2 is 1.56 bits per heavy atom. The summed E-state index contributed by atoms with van der Waals surface area (Å²) < 4.78 is 41.3. The number of ether oxygens (including phenoxy) is 4. The number of carbonyl (C=O) groups excluding carboxylic acids is 1. The van der Waals surface area contributed by atoms with Gasteiger partial charge in [0.25, 0.3) is 11.4 Å². The number of carbonyl (C=O) groups is 1. The second-order valence-electron chi connectivity index (χ2n) is 18.0. The largest absolute Gasteiger partial charge is 0.492 e. The number of aliphatic hydroxyl groups is 2. The van der Waals surface area contributed by atoms with E-state index in [1.165, 1.54) is 53.4 Å². The van der Waals surface area contributed by atoms with Crippen molar-refractivity contribution in [3.63, 3.8) is 0 Å². The molecule has 1 saturated carbocycles. The minimum absolute atomic E-state index is 0.0123. The molecule has 1 saturated heterocycles. The van der Waals surface area contributed by atoms with Crippen molar-refractivity contribution >= 4 is 23.2 Å². The molecule has 18 heteroatoms. The Hall–Kier alpha value is -6.73. The lowest BCUT2D eigenvalue weighted by molar-refractivity contribution is -0.385. The topological polar surface area (TPSA) is 209 Å². The number of allylic oxidation sites excluding steroid dienone is 1. The van der Waals surface area contributed by atoms with Crippen LogP contribution in [0, 0.1) is 43.8 Å². The van der Waals surface area contributed by atoms with Gasteiger partial charge in [-0.25, -0.2) is 9.18 Å². The molecule has 0 aromatic heterocycles. The van der Waals surface area contributed by atoms with E-state index in [-0.39, 0.29) is 74.3 Å². The highest BCUT2D eigenvalue weighted by Gasteiger charge is 2.66. The molecule has 2 N–H and O–H groups in total. The smallest absolute Gasteiger partial charge is 0.416 e. The van der Waals surface area contributed by atoms with Crippen molar-refractivity contribution in [3.8, 4) is 17.2 Å². The fraction of sp³-hybridized carbons (Fsp3) is 0.423. The molecule has 17 nitrogen and oxygen atoms in total. The normalized spacial score (nSPS) is 22.7. The number of fused-ring (bicyclic) bond motifs is 2. The quantitative estimate of drug-likeness (QED) is 0.0221. The summed E-state index contributed by atoms with van der Waals surface area (Å²) in [7, 11) is 0. The number of non-ortho nitro benzene ring substituents is 2. The van der Waals surface area contributed by atoms with Crippen molar-refractivity contribution in [2.45, 2.75) is 75.8 Å². The third kappa shape index (κ3) is 11.5. The monoisotopic (exact) mass is 963 g/mol. The van der Waals surface area contributed by atoms with E-state index in [1.807, 2.05) is 18.2 Å². The van der Waals surface area contributed by atoms with Crippen LogP contribution in [0.25, 0.3) is 0 Å². The molecule has 6 unspecified atom stereocenters. The van der Waals surface area contributed by atoms with Gasteiger partial charge in [-0.05, 0) is 109 Å². The molecule has 2 heterocycles. The Morgan fingerprint density at radius 3 is 2.21 bits per heavy atom. The summed E-state index contributed by atoms with van der Waals surface area (Å²) in [6.45, 7) is 7.17. The van der Waals surface area contributed by atoms with E-state index < -0.39 is 39.5 Å². The molecular weight excluding hydrogens is 906 g/mol. The summed E-state index contributed by atoms with van der Waals surface area (Å²) in [4.78, 5) is 46.9. The molecule has 0 bridgehead atoms. The Morgan fingerprint density at radius 1 is 0.900 bits per heavy atom. The van der Waals surface area contributed by atoms with E-state index >= 15 is 4.79 Å². The first kappa shape index (κ1) is 49.7. The summed E-state index contributed by atoms with van der Waals surface area (Å²) >= 11 is 0. The molecule has 70 heavy (non-hydrogen) atoms. The third-order valence-corrected chi connectivity index (χ3v) is 13.5. The first-order chi connectivity index (χ1) is 34.0.